The highest BCUT2D eigenvalue weighted by Gasteiger charge is 2.49. The SMILES string of the molecule is CC(C)(C)[Si](OC/C=C/CI)(c1ccccc1)c1ccccc1. The molecule has 0 aliphatic carbocycles. The van der Waals surface area contributed by atoms with Gasteiger partial charge in [-0.1, -0.05) is 116 Å². The zero-order chi connectivity index (χ0) is 16.8. The van der Waals surface area contributed by atoms with Crippen LogP contribution in [0.4, 0.5) is 0 Å². The van der Waals surface area contributed by atoms with Gasteiger partial charge < -0.3 is 4.43 Å². The summed E-state index contributed by atoms with van der Waals surface area (Å²) >= 11 is 2.36. The van der Waals surface area contributed by atoms with Crippen LogP contribution in [-0.4, -0.2) is 19.4 Å². The Morgan fingerprint density at radius 1 is 0.870 bits per heavy atom. The Morgan fingerprint density at radius 3 is 1.74 bits per heavy atom. The van der Waals surface area contributed by atoms with E-state index in [0.717, 1.165) is 4.43 Å². The Kier molecular flexibility index (Phi) is 6.62. The minimum Gasteiger partial charge on any atom is -0.404 e. The van der Waals surface area contributed by atoms with Crippen molar-refractivity contribution in [3.63, 3.8) is 0 Å². The van der Waals surface area contributed by atoms with E-state index in [2.05, 4.69) is 116 Å². The minimum atomic E-state index is -2.35. The third-order valence-electron chi connectivity index (χ3n) is 4.07. The maximum Gasteiger partial charge on any atom is 0.261 e. The van der Waals surface area contributed by atoms with E-state index in [4.69, 9.17) is 4.43 Å². The van der Waals surface area contributed by atoms with Gasteiger partial charge in [-0.05, 0) is 15.4 Å². The molecule has 2 aromatic carbocycles. The molecule has 0 bridgehead atoms. The van der Waals surface area contributed by atoms with Gasteiger partial charge in [-0.2, -0.15) is 0 Å². The molecule has 0 N–H and O–H groups in total. The van der Waals surface area contributed by atoms with Crippen molar-refractivity contribution in [1.29, 1.82) is 0 Å². The first kappa shape index (κ1) is 18.4. The Hall–Kier alpha value is -0.913. The van der Waals surface area contributed by atoms with E-state index in [1.807, 2.05) is 0 Å². The van der Waals surface area contributed by atoms with Crippen LogP contribution in [-0.2, 0) is 4.43 Å². The fraction of sp³-hybridized carbons (Fsp3) is 0.300. The first-order chi connectivity index (χ1) is 11.0. The number of benzene rings is 2. The fourth-order valence-electron chi connectivity index (χ4n) is 3.07. The molecule has 0 aliphatic rings. The van der Waals surface area contributed by atoms with Crippen molar-refractivity contribution in [2.45, 2.75) is 25.8 Å². The van der Waals surface area contributed by atoms with Crippen molar-refractivity contribution in [2.75, 3.05) is 11.0 Å². The molecule has 2 aromatic rings. The fourth-order valence-corrected chi connectivity index (χ4v) is 7.93. The smallest absolute Gasteiger partial charge is 0.261 e. The molecule has 0 spiro atoms. The molecule has 0 saturated heterocycles. The van der Waals surface area contributed by atoms with Crippen molar-refractivity contribution in [1.82, 2.24) is 0 Å². The molecule has 0 aromatic heterocycles. The highest BCUT2D eigenvalue weighted by Crippen LogP contribution is 2.36. The van der Waals surface area contributed by atoms with E-state index < -0.39 is 8.32 Å². The Morgan fingerprint density at radius 2 is 1.35 bits per heavy atom. The summed E-state index contributed by atoms with van der Waals surface area (Å²) in [7, 11) is -2.35. The molecule has 0 amide bonds. The first-order valence-electron chi connectivity index (χ1n) is 7.98. The molecule has 0 atom stereocenters. The van der Waals surface area contributed by atoms with Gasteiger partial charge in [0.1, 0.15) is 0 Å². The first-order valence-corrected chi connectivity index (χ1v) is 11.4. The number of hydrogen-bond donors (Lipinski definition) is 0. The van der Waals surface area contributed by atoms with Crippen LogP contribution in [0.5, 0.6) is 0 Å². The average molecular weight is 436 g/mol. The normalized spacial score (nSPS) is 12.7. The standard InChI is InChI=1S/C20H25IOSi/c1-20(2,3)23(22-17-11-10-16-21,18-12-6-4-7-13-18)19-14-8-5-9-15-19/h4-15H,16-17H2,1-3H3/b11-10+. The zero-order valence-electron chi connectivity index (χ0n) is 14.1. The molecule has 0 heterocycles. The van der Waals surface area contributed by atoms with Gasteiger partial charge in [0.15, 0.2) is 0 Å². The van der Waals surface area contributed by atoms with Gasteiger partial charge in [-0.15, -0.1) is 0 Å². The highest BCUT2D eigenvalue weighted by molar-refractivity contribution is 14.1. The summed E-state index contributed by atoms with van der Waals surface area (Å²) in [5, 5.41) is 2.72. The van der Waals surface area contributed by atoms with E-state index >= 15 is 0 Å². The quantitative estimate of drug-likeness (QED) is 0.279. The largest absolute Gasteiger partial charge is 0.404 e. The van der Waals surface area contributed by atoms with Crippen molar-refractivity contribution < 1.29 is 4.43 Å². The minimum absolute atomic E-state index is 0.0495. The van der Waals surface area contributed by atoms with E-state index in [0.29, 0.717) is 6.61 Å². The number of alkyl halides is 1. The molecule has 2 rings (SSSR count). The summed E-state index contributed by atoms with van der Waals surface area (Å²) in [5.74, 6) is 0. The maximum atomic E-state index is 6.72. The summed E-state index contributed by atoms with van der Waals surface area (Å²) < 4.78 is 7.73. The van der Waals surface area contributed by atoms with E-state index in [1.165, 1.54) is 10.4 Å². The van der Waals surface area contributed by atoms with Gasteiger partial charge >= 0.3 is 0 Å². The molecular weight excluding hydrogens is 411 g/mol. The maximum absolute atomic E-state index is 6.72. The summed E-state index contributed by atoms with van der Waals surface area (Å²) in [6.07, 6.45) is 4.31. The van der Waals surface area contributed by atoms with E-state index in [-0.39, 0.29) is 5.04 Å². The number of halogens is 1. The van der Waals surface area contributed by atoms with Crippen molar-refractivity contribution >= 4 is 41.3 Å². The molecule has 3 heteroatoms. The third-order valence-corrected chi connectivity index (χ3v) is 9.58. The molecule has 0 saturated carbocycles. The summed E-state index contributed by atoms with van der Waals surface area (Å²) in [6.45, 7) is 7.58. The summed E-state index contributed by atoms with van der Waals surface area (Å²) in [6, 6.07) is 21.5. The second-order valence-corrected chi connectivity index (χ2v) is 11.8. The molecule has 122 valence electrons. The van der Waals surface area contributed by atoms with Gasteiger partial charge in [0.05, 0.1) is 6.61 Å². The van der Waals surface area contributed by atoms with Gasteiger partial charge in [-0.3, -0.25) is 0 Å². The molecule has 0 radical (unpaired) electrons. The highest BCUT2D eigenvalue weighted by atomic mass is 127. The lowest BCUT2D eigenvalue weighted by atomic mass is 10.2. The molecule has 0 aliphatic heterocycles. The second-order valence-electron chi connectivity index (χ2n) is 6.60. The molecule has 23 heavy (non-hydrogen) atoms. The van der Waals surface area contributed by atoms with Crippen LogP contribution in [0.15, 0.2) is 72.8 Å². The van der Waals surface area contributed by atoms with Crippen molar-refractivity contribution in [3.8, 4) is 0 Å². The van der Waals surface area contributed by atoms with Crippen LogP contribution in [0.2, 0.25) is 5.04 Å². The lowest BCUT2D eigenvalue weighted by molar-refractivity contribution is 0.339. The summed E-state index contributed by atoms with van der Waals surface area (Å²) in [4.78, 5) is 0. The van der Waals surface area contributed by atoms with Crippen LogP contribution >= 0.6 is 22.6 Å². The topological polar surface area (TPSA) is 9.23 Å². The number of allylic oxidation sites excluding steroid dienone is 1. The average Bonchev–Trinajstić information content (AvgIpc) is 2.55. The van der Waals surface area contributed by atoms with Gasteiger partial charge in [-0.25, -0.2) is 0 Å². The van der Waals surface area contributed by atoms with Crippen LogP contribution < -0.4 is 10.4 Å². The van der Waals surface area contributed by atoms with Crippen LogP contribution in [0.25, 0.3) is 0 Å². The summed E-state index contributed by atoms with van der Waals surface area (Å²) in [5.41, 5.74) is 0. The Labute approximate surface area is 155 Å². The Balaban J connectivity index is 2.57. The van der Waals surface area contributed by atoms with E-state index in [1.54, 1.807) is 0 Å². The monoisotopic (exact) mass is 436 g/mol. The number of hydrogen-bond acceptors (Lipinski definition) is 1. The third kappa shape index (κ3) is 4.14. The van der Waals surface area contributed by atoms with Crippen molar-refractivity contribution in [2.24, 2.45) is 0 Å². The van der Waals surface area contributed by atoms with Gasteiger partial charge in [0.2, 0.25) is 0 Å². The molecule has 1 nitrogen and oxygen atoms in total. The van der Waals surface area contributed by atoms with Crippen LogP contribution in [0.1, 0.15) is 20.8 Å². The predicted molar refractivity (Wildman–Crippen MR) is 112 cm³/mol. The van der Waals surface area contributed by atoms with Crippen LogP contribution in [0, 0.1) is 0 Å². The molecular formula is C20H25IOSi. The lowest BCUT2D eigenvalue weighted by Crippen LogP contribution is -2.66. The second kappa shape index (κ2) is 8.26. The van der Waals surface area contributed by atoms with Crippen molar-refractivity contribution in [3.05, 3.63) is 72.8 Å². The molecule has 0 unspecified atom stereocenters. The van der Waals surface area contributed by atoms with Crippen LogP contribution in [0.3, 0.4) is 0 Å². The molecule has 0 fully saturated rings. The van der Waals surface area contributed by atoms with Gasteiger partial charge in [0.25, 0.3) is 8.32 Å². The predicted octanol–water partition coefficient (Wildman–Crippen LogP) is 4.55. The number of rotatable bonds is 6. The van der Waals surface area contributed by atoms with Gasteiger partial charge in [0, 0.05) is 4.43 Å². The lowest BCUT2D eigenvalue weighted by Gasteiger charge is -2.42. The Bertz CT molecular complexity index is 578. The zero-order valence-corrected chi connectivity index (χ0v) is 17.3. The van der Waals surface area contributed by atoms with E-state index in [9.17, 15) is 0 Å².